The monoisotopic (exact) mass is 292 g/mol. The molecule has 0 atom stereocenters. The number of halogens is 2. The molecule has 1 aromatic carbocycles. The van der Waals surface area contributed by atoms with Crippen LogP contribution in [-0.4, -0.2) is 36.3 Å². The van der Waals surface area contributed by atoms with Crippen LogP contribution in [0.4, 0.5) is 8.78 Å². The lowest BCUT2D eigenvalue weighted by atomic mass is 10.1. The summed E-state index contributed by atoms with van der Waals surface area (Å²) in [7, 11) is 0. The van der Waals surface area contributed by atoms with Crippen LogP contribution in [0.5, 0.6) is 0 Å². The topological polar surface area (TPSA) is 49.4 Å². The van der Waals surface area contributed by atoms with Gasteiger partial charge in [-0.25, -0.2) is 8.78 Å². The van der Waals surface area contributed by atoms with Crippen molar-refractivity contribution < 1.29 is 18.4 Å². The standard InChI is InChI=1S/C15H14F2N2O2/c16-12-7-10-11(8-13(12)17)15(21)19(14(10)20)6-3-9-1-4-18-5-2-9/h1,7-8,18H,2-6H2. The average Bonchev–Trinajstić information content (AvgIpc) is 2.71. The summed E-state index contributed by atoms with van der Waals surface area (Å²) in [4.78, 5) is 25.3. The van der Waals surface area contributed by atoms with Crippen molar-refractivity contribution in [3.8, 4) is 0 Å². The van der Waals surface area contributed by atoms with Crippen LogP contribution in [-0.2, 0) is 0 Å². The zero-order chi connectivity index (χ0) is 15.0. The van der Waals surface area contributed by atoms with Gasteiger partial charge in [-0.3, -0.25) is 14.5 Å². The third kappa shape index (κ3) is 2.47. The number of nitrogens with one attached hydrogen (secondary N) is 1. The van der Waals surface area contributed by atoms with Crippen molar-refractivity contribution in [1.82, 2.24) is 10.2 Å². The van der Waals surface area contributed by atoms with E-state index in [1.54, 1.807) is 0 Å². The fourth-order valence-corrected chi connectivity index (χ4v) is 2.64. The number of fused-ring (bicyclic) bond motifs is 1. The highest BCUT2D eigenvalue weighted by atomic mass is 19.2. The van der Waals surface area contributed by atoms with Gasteiger partial charge in [-0.15, -0.1) is 0 Å². The van der Waals surface area contributed by atoms with E-state index in [0.29, 0.717) is 6.42 Å². The molecule has 6 heteroatoms. The highest BCUT2D eigenvalue weighted by Crippen LogP contribution is 2.26. The van der Waals surface area contributed by atoms with Crippen molar-refractivity contribution in [1.29, 1.82) is 0 Å². The molecule has 2 heterocycles. The fourth-order valence-electron chi connectivity index (χ4n) is 2.64. The van der Waals surface area contributed by atoms with E-state index in [2.05, 4.69) is 5.32 Å². The summed E-state index contributed by atoms with van der Waals surface area (Å²) in [6, 6.07) is 1.60. The summed E-state index contributed by atoms with van der Waals surface area (Å²) < 4.78 is 26.4. The van der Waals surface area contributed by atoms with Crippen LogP contribution in [0.25, 0.3) is 0 Å². The maximum Gasteiger partial charge on any atom is 0.261 e. The van der Waals surface area contributed by atoms with Crippen molar-refractivity contribution in [2.24, 2.45) is 0 Å². The third-order valence-electron chi connectivity index (χ3n) is 3.83. The number of benzene rings is 1. The SMILES string of the molecule is O=C1c2cc(F)c(F)cc2C(=O)N1CCC1=CCNCC1. The second kappa shape index (κ2) is 5.37. The van der Waals surface area contributed by atoms with Gasteiger partial charge in [-0.2, -0.15) is 0 Å². The molecular formula is C15H14F2N2O2. The predicted molar refractivity (Wildman–Crippen MR) is 71.9 cm³/mol. The molecule has 110 valence electrons. The molecule has 0 unspecified atom stereocenters. The zero-order valence-electron chi connectivity index (χ0n) is 11.3. The van der Waals surface area contributed by atoms with Crippen LogP contribution in [0.3, 0.4) is 0 Å². The van der Waals surface area contributed by atoms with E-state index < -0.39 is 23.4 Å². The number of imide groups is 1. The van der Waals surface area contributed by atoms with Gasteiger partial charge in [0.05, 0.1) is 11.1 Å². The first-order valence-electron chi connectivity index (χ1n) is 6.82. The highest BCUT2D eigenvalue weighted by molar-refractivity contribution is 6.21. The summed E-state index contributed by atoms with van der Waals surface area (Å²) in [6.07, 6.45) is 3.52. The Balaban J connectivity index is 1.78. The summed E-state index contributed by atoms with van der Waals surface area (Å²) in [6.45, 7) is 1.90. The molecule has 4 nitrogen and oxygen atoms in total. The van der Waals surface area contributed by atoms with Crippen molar-refractivity contribution in [3.05, 3.63) is 46.5 Å². The Morgan fingerprint density at radius 3 is 2.24 bits per heavy atom. The Labute approximate surface area is 120 Å². The zero-order valence-corrected chi connectivity index (χ0v) is 11.3. The molecule has 0 aliphatic carbocycles. The molecule has 0 saturated heterocycles. The quantitative estimate of drug-likeness (QED) is 0.683. The van der Waals surface area contributed by atoms with Gasteiger partial charge in [0.2, 0.25) is 0 Å². The number of rotatable bonds is 3. The van der Waals surface area contributed by atoms with Crippen LogP contribution in [0.1, 0.15) is 33.6 Å². The molecule has 0 fully saturated rings. The molecule has 2 aliphatic heterocycles. The molecule has 1 N–H and O–H groups in total. The van der Waals surface area contributed by atoms with E-state index in [0.717, 1.165) is 36.5 Å². The molecular weight excluding hydrogens is 278 g/mol. The Kier molecular flexibility index (Phi) is 3.55. The fraction of sp³-hybridized carbons (Fsp3) is 0.333. The molecule has 0 spiro atoms. The Hall–Kier alpha value is -2.08. The first kappa shape index (κ1) is 13.9. The minimum absolute atomic E-state index is 0.0572. The lowest BCUT2D eigenvalue weighted by molar-refractivity contribution is 0.0655. The lowest BCUT2D eigenvalue weighted by Gasteiger charge is -2.18. The maximum atomic E-state index is 13.2. The van der Waals surface area contributed by atoms with Crippen LogP contribution < -0.4 is 5.32 Å². The van der Waals surface area contributed by atoms with Crippen LogP contribution in [0, 0.1) is 11.6 Å². The van der Waals surface area contributed by atoms with E-state index in [4.69, 9.17) is 0 Å². The van der Waals surface area contributed by atoms with E-state index in [1.807, 2.05) is 6.08 Å². The number of nitrogens with zero attached hydrogens (tertiary/aromatic N) is 1. The molecule has 0 bridgehead atoms. The first-order chi connectivity index (χ1) is 10.1. The number of hydrogen-bond donors (Lipinski definition) is 1. The first-order valence-corrected chi connectivity index (χ1v) is 6.82. The molecule has 0 radical (unpaired) electrons. The van der Waals surface area contributed by atoms with Crippen LogP contribution in [0.2, 0.25) is 0 Å². The van der Waals surface area contributed by atoms with E-state index in [1.165, 1.54) is 5.57 Å². The van der Waals surface area contributed by atoms with Crippen molar-refractivity contribution in [3.63, 3.8) is 0 Å². The summed E-state index contributed by atoms with van der Waals surface area (Å²) in [5, 5.41) is 3.18. The summed E-state index contributed by atoms with van der Waals surface area (Å²) >= 11 is 0. The Morgan fingerprint density at radius 1 is 1.10 bits per heavy atom. The Morgan fingerprint density at radius 2 is 1.71 bits per heavy atom. The lowest BCUT2D eigenvalue weighted by Crippen LogP contribution is -2.31. The molecule has 0 saturated carbocycles. The summed E-state index contributed by atoms with van der Waals surface area (Å²) in [5.41, 5.74) is 1.07. The molecule has 0 aromatic heterocycles. The van der Waals surface area contributed by atoms with E-state index >= 15 is 0 Å². The summed E-state index contributed by atoms with van der Waals surface area (Å²) in [5.74, 6) is -3.33. The average molecular weight is 292 g/mol. The van der Waals surface area contributed by atoms with Gasteiger partial charge in [0.1, 0.15) is 0 Å². The smallest absolute Gasteiger partial charge is 0.261 e. The van der Waals surface area contributed by atoms with Gasteiger partial charge in [0, 0.05) is 13.1 Å². The van der Waals surface area contributed by atoms with Gasteiger partial charge in [0.15, 0.2) is 11.6 Å². The minimum Gasteiger partial charge on any atom is -0.313 e. The van der Waals surface area contributed by atoms with E-state index in [-0.39, 0.29) is 17.7 Å². The number of amides is 2. The number of carbonyl (C=O) groups is 2. The number of hydrogen-bond acceptors (Lipinski definition) is 3. The maximum absolute atomic E-state index is 13.2. The van der Waals surface area contributed by atoms with Crippen LogP contribution in [0.15, 0.2) is 23.8 Å². The van der Waals surface area contributed by atoms with Crippen LogP contribution >= 0.6 is 0 Å². The highest BCUT2D eigenvalue weighted by Gasteiger charge is 2.36. The van der Waals surface area contributed by atoms with Crippen molar-refractivity contribution >= 4 is 11.8 Å². The third-order valence-corrected chi connectivity index (χ3v) is 3.83. The molecule has 21 heavy (non-hydrogen) atoms. The molecule has 3 rings (SSSR count). The van der Waals surface area contributed by atoms with Gasteiger partial charge in [-0.05, 0) is 31.5 Å². The molecule has 2 amide bonds. The van der Waals surface area contributed by atoms with Gasteiger partial charge in [0.25, 0.3) is 11.8 Å². The van der Waals surface area contributed by atoms with E-state index in [9.17, 15) is 18.4 Å². The largest absolute Gasteiger partial charge is 0.313 e. The van der Waals surface area contributed by atoms with Gasteiger partial charge >= 0.3 is 0 Å². The second-order valence-corrected chi connectivity index (χ2v) is 5.14. The van der Waals surface area contributed by atoms with Crippen molar-refractivity contribution in [2.75, 3.05) is 19.6 Å². The second-order valence-electron chi connectivity index (χ2n) is 5.14. The Bertz CT molecular complexity index is 614. The van der Waals surface area contributed by atoms with Crippen molar-refractivity contribution in [2.45, 2.75) is 12.8 Å². The minimum atomic E-state index is -1.11. The molecule has 2 aliphatic rings. The predicted octanol–water partition coefficient (Wildman–Crippen LogP) is 1.87. The number of carbonyl (C=O) groups excluding carboxylic acids is 2. The molecule has 1 aromatic rings. The normalized spacial score (nSPS) is 18.0. The van der Waals surface area contributed by atoms with Gasteiger partial charge < -0.3 is 5.32 Å². The van der Waals surface area contributed by atoms with Gasteiger partial charge in [-0.1, -0.05) is 11.6 Å².